The number of carbonyl (C=O) groups is 1. The van der Waals surface area contributed by atoms with E-state index >= 15 is 0 Å². The summed E-state index contributed by atoms with van der Waals surface area (Å²) in [5.41, 5.74) is 2.60. The third kappa shape index (κ3) is 3.29. The van der Waals surface area contributed by atoms with Gasteiger partial charge in [-0.15, -0.1) is 6.42 Å². The lowest BCUT2D eigenvalue weighted by Gasteiger charge is -2.18. The molecule has 0 bridgehead atoms. The van der Waals surface area contributed by atoms with Crippen molar-refractivity contribution < 1.29 is 9.18 Å². The fourth-order valence-corrected chi connectivity index (χ4v) is 2.69. The molecule has 0 radical (unpaired) electrons. The SMILES string of the molecule is C#CC(C)(C)NC(=O)c1ncn2c(C)cc(-c3cc(C)cc(F)c3)nc12. The summed E-state index contributed by atoms with van der Waals surface area (Å²) < 4.78 is 15.5. The summed E-state index contributed by atoms with van der Waals surface area (Å²) in [5.74, 6) is 1.78. The average molecular weight is 350 g/mol. The van der Waals surface area contributed by atoms with Crippen LogP contribution in [0.1, 0.15) is 35.6 Å². The lowest BCUT2D eigenvalue weighted by atomic mass is 10.1. The van der Waals surface area contributed by atoms with Gasteiger partial charge in [-0.25, -0.2) is 14.4 Å². The Morgan fingerprint density at radius 2 is 2.00 bits per heavy atom. The molecule has 0 spiro atoms. The fourth-order valence-electron chi connectivity index (χ4n) is 2.69. The third-order valence-electron chi connectivity index (χ3n) is 4.03. The maximum Gasteiger partial charge on any atom is 0.274 e. The maximum absolute atomic E-state index is 13.8. The standard InChI is InChI=1S/C20H19FN4O/c1-6-20(4,5)24-19(26)17-18-23-16(9-13(3)25(18)11-22-17)14-7-12(2)8-15(21)10-14/h1,7-11H,2-5H3,(H,24,26). The summed E-state index contributed by atoms with van der Waals surface area (Å²) in [4.78, 5) is 21.3. The van der Waals surface area contributed by atoms with E-state index in [4.69, 9.17) is 6.42 Å². The quantitative estimate of drug-likeness (QED) is 0.738. The molecule has 0 aliphatic rings. The Labute approximate surface area is 151 Å². The van der Waals surface area contributed by atoms with Crippen molar-refractivity contribution >= 4 is 11.6 Å². The molecule has 2 heterocycles. The minimum atomic E-state index is -0.806. The van der Waals surface area contributed by atoms with Crippen molar-refractivity contribution in [3.63, 3.8) is 0 Å². The van der Waals surface area contributed by atoms with Gasteiger partial charge in [0.15, 0.2) is 11.3 Å². The molecule has 3 aromatic rings. The van der Waals surface area contributed by atoms with Gasteiger partial charge in [-0.05, 0) is 57.5 Å². The summed E-state index contributed by atoms with van der Waals surface area (Å²) in [5, 5.41) is 2.75. The van der Waals surface area contributed by atoms with Gasteiger partial charge in [-0.2, -0.15) is 0 Å². The number of hydrogen-bond acceptors (Lipinski definition) is 3. The lowest BCUT2D eigenvalue weighted by molar-refractivity contribution is 0.0927. The summed E-state index contributed by atoms with van der Waals surface area (Å²) in [6.07, 6.45) is 6.97. The monoisotopic (exact) mass is 350 g/mol. The average Bonchev–Trinajstić information content (AvgIpc) is 2.98. The molecule has 1 amide bonds. The van der Waals surface area contributed by atoms with E-state index in [-0.39, 0.29) is 11.5 Å². The Balaban J connectivity index is 2.13. The van der Waals surface area contributed by atoms with E-state index in [1.165, 1.54) is 18.5 Å². The number of nitrogens with zero attached hydrogens (tertiary/aromatic N) is 3. The number of aromatic nitrogens is 3. The predicted octanol–water partition coefficient (Wildman–Crippen LogP) is 3.29. The smallest absolute Gasteiger partial charge is 0.274 e. The van der Waals surface area contributed by atoms with E-state index in [0.717, 1.165) is 11.3 Å². The van der Waals surface area contributed by atoms with Crippen molar-refractivity contribution in [3.8, 4) is 23.6 Å². The minimum Gasteiger partial charge on any atom is -0.335 e. The number of hydrogen-bond donors (Lipinski definition) is 1. The van der Waals surface area contributed by atoms with Crippen LogP contribution in [0.4, 0.5) is 4.39 Å². The van der Waals surface area contributed by atoms with E-state index in [0.29, 0.717) is 16.9 Å². The highest BCUT2D eigenvalue weighted by Crippen LogP contribution is 2.23. The van der Waals surface area contributed by atoms with Crippen molar-refractivity contribution in [2.45, 2.75) is 33.2 Å². The first-order chi connectivity index (χ1) is 12.2. The van der Waals surface area contributed by atoms with Crippen LogP contribution in [0.3, 0.4) is 0 Å². The second-order valence-electron chi connectivity index (χ2n) is 6.81. The van der Waals surface area contributed by atoms with Crippen LogP contribution in [-0.2, 0) is 0 Å². The minimum absolute atomic E-state index is 0.173. The Kier molecular flexibility index (Phi) is 4.25. The highest BCUT2D eigenvalue weighted by molar-refractivity contribution is 5.98. The summed E-state index contributed by atoms with van der Waals surface area (Å²) in [6, 6.07) is 6.55. The molecule has 26 heavy (non-hydrogen) atoms. The zero-order valence-electron chi connectivity index (χ0n) is 15.1. The van der Waals surface area contributed by atoms with Gasteiger partial charge >= 0.3 is 0 Å². The van der Waals surface area contributed by atoms with Gasteiger partial charge in [-0.3, -0.25) is 9.20 Å². The van der Waals surface area contributed by atoms with E-state index < -0.39 is 11.4 Å². The normalized spacial score (nSPS) is 11.4. The Bertz CT molecular complexity index is 1040. The first-order valence-corrected chi connectivity index (χ1v) is 8.13. The highest BCUT2D eigenvalue weighted by atomic mass is 19.1. The number of halogens is 1. The van der Waals surface area contributed by atoms with Crippen molar-refractivity contribution in [2.75, 3.05) is 0 Å². The molecular weight excluding hydrogens is 331 g/mol. The van der Waals surface area contributed by atoms with Crippen LogP contribution < -0.4 is 5.32 Å². The van der Waals surface area contributed by atoms with Gasteiger partial charge in [0, 0.05) is 11.3 Å². The Morgan fingerprint density at radius 1 is 1.27 bits per heavy atom. The molecular formula is C20H19FN4O. The third-order valence-corrected chi connectivity index (χ3v) is 4.03. The van der Waals surface area contributed by atoms with Crippen molar-refractivity contribution in [3.05, 3.63) is 53.4 Å². The number of carbonyl (C=O) groups excluding carboxylic acids is 1. The fraction of sp³-hybridized carbons (Fsp3) is 0.250. The molecule has 0 fully saturated rings. The largest absolute Gasteiger partial charge is 0.335 e. The van der Waals surface area contributed by atoms with Crippen LogP contribution in [0.25, 0.3) is 16.9 Å². The van der Waals surface area contributed by atoms with Crippen molar-refractivity contribution in [1.82, 2.24) is 19.7 Å². The summed E-state index contributed by atoms with van der Waals surface area (Å²) in [7, 11) is 0. The summed E-state index contributed by atoms with van der Waals surface area (Å²) >= 11 is 0. The molecule has 2 aromatic heterocycles. The van der Waals surface area contributed by atoms with E-state index in [1.807, 2.05) is 26.0 Å². The van der Waals surface area contributed by atoms with Gasteiger partial charge < -0.3 is 5.32 Å². The molecule has 0 aliphatic carbocycles. The predicted molar refractivity (Wildman–Crippen MR) is 98.2 cm³/mol. The molecule has 6 heteroatoms. The second kappa shape index (κ2) is 6.26. The summed E-state index contributed by atoms with van der Waals surface area (Å²) in [6.45, 7) is 7.14. The van der Waals surface area contributed by atoms with Crippen LogP contribution >= 0.6 is 0 Å². The first-order valence-electron chi connectivity index (χ1n) is 8.13. The van der Waals surface area contributed by atoms with Gasteiger partial charge in [0.05, 0.1) is 11.2 Å². The molecule has 1 N–H and O–H groups in total. The number of imidazole rings is 1. The van der Waals surface area contributed by atoms with Gasteiger partial charge in [0.25, 0.3) is 5.91 Å². The van der Waals surface area contributed by atoms with E-state index in [9.17, 15) is 9.18 Å². The number of fused-ring (bicyclic) bond motifs is 1. The topological polar surface area (TPSA) is 59.3 Å². The molecule has 0 aliphatic heterocycles. The number of amides is 1. The van der Waals surface area contributed by atoms with Crippen molar-refractivity contribution in [1.29, 1.82) is 0 Å². The molecule has 3 rings (SSSR count). The second-order valence-corrected chi connectivity index (χ2v) is 6.81. The van der Waals surface area contributed by atoms with Crippen LogP contribution in [0, 0.1) is 32.0 Å². The molecule has 0 unspecified atom stereocenters. The number of benzene rings is 1. The maximum atomic E-state index is 13.8. The number of nitrogens with one attached hydrogen (secondary N) is 1. The zero-order valence-corrected chi connectivity index (χ0v) is 15.1. The number of rotatable bonds is 3. The molecule has 0 saturated heterocycles. The van der Waals surface area contributed by atoms with Crippen LogP contribution in [0.2, 0.25) is 0 Å². The molecule has 0 saturated carbocycles. The Morgan fingerprint density at radius 3 is 2.65 bits per heavy atom. The molecule has 132 valence electrons. The van der Waals surface area contributed by atoms with E-state index in [1.54, 1.807) is 18.2 Å². The molecule has 0 atom stereocenters. The van der Waals surface area contributed by atoms with Crippen molar-refractivity contribution in [2.24, 2.45) is 0 Å². The first kappa shape index (κ1) is 17.6. The Hall–Kier alpha value is -3.20. The van der Waals surface area contributed by atoms with Gasteiger partial charge in [0.1, 0.15) is 12.1 Å². The molecule has 1 aromatic carbocycles. The van der Waals surface area contributed by atoms with Crippen LogP contribution in [-0.4, -0.2) is 25.8 Å². The molecule has 5 nitrogen and oxygen atoms in total. The van der Waals surface area contributed by atoms with E-state index in [2.05, 4.69) is 21.2 Å². The zero-order chi connectivity index (χ0) is 19.1. The van der Waals surface area contributed by atoms with Crippen LogP contribution in [0.5, 0.6) is 0 Å². The highest BCUT2D eigenvalue weighted by Gasteiger charge is 2.23. The van der Waals surface area contributed by atoms with Gasteiger partial charge in [0.2, 0.25) is 0 Å². The van der Waals surface area contributed by atoms with Crippen LogP contribution in [0.15, 0.2) is 30.6 Å². The van der Waals surface area contributed by atoms with Gasteiger partial charge in [-0.1, -0.05) is 5.92 Å². The number of aryl methyl sites for hydroxylation is 2. The number of terminal acetylenes is 1. The lowest BCUT2D eigenvalue weighted by Crippen LogP contribution is -2.42.